The van der Waals surface area contributed by atoms with Crippen LogP contribution in [0.4, 0.5) is 0 Å². The Morgan fingerprint density at radius 3 is 2.43 bits per heavy atom. The van der Waals surface area contributed by atoms with E-state index in [0.717, 1.165) is 0 Å². The Morgan fingerprint density at radius 2 is 1.93 bits per heavy atom. The summed E-state index contributed by atoms with van der Waals surface area (Å²) in [6.07, 6.45) is 0.381. The van der Waals surface area contributed by atoms with Crippen molar-refractivity contribution in [2.45, 2.75) is 20.0 Å². The van der Waals surface area contributed by atoms with Gasteiger partial charge in [-0.3, -0.25) is 4.52 Å². The third kappa shape index (κ3) is 3.12. The van der Waals surface area contributed by atoms with E-state index in [1.165, 1.54) is 0 Å². The minimum Gasteiger partial charge on any atom is -0.396 e. The van der Waals surface area contributed by atoms with Gasteiger partial charge in [0.05, 0.1) is 0 Å². The van der Waals surface area contributed by atoms with Crippen molar-refractivity contribution in [1.29, 1.82) is 0 Å². The van der Waals surface area contributed by atoms with Gasteiger partial charge in [-0.05, 0) is 0 Å². The van der Waals surface area contributed by atoms with Crippen molar-refractivity contribution in [3.8, 4) is 0 Å². The fourth-order valence-electron chi connectivity index (χ4n) is 0.858. The number of phosphoric acid groups is 1. The van der Waals surface area contributed by atoms with E-state index in [1.807, 2.05) is 0 Å². The van der Waals surface area contributed by atoms with E-state index in [2.05, 4.69) is 13.4 Å². The summed E-state index contributed by atoms with van der Waals surface area (Å²) in [5.74, 6) is -0.685. The maximum atomic E-state index is 10.6. The highest BCUT2D eigenvalue weighted by Crippen LogP contribution is 2.37. The minimum atomic E-state index is -4.56. The summed E-state index contributed by atoms with van der Waals surface area (Å²) in [6.45, 7) is 1.22. The molecule has 0 bridgehead atoms. The molecule has 0 spiro atoms. The molecule has 0 saturated heterocycles. The van der Waals surface area contributed by atoms with Crippen LogP contribution in [0.15, 0.2) is 13.6 Å². The molecule has 0 unspecified atom stereocenters. The molecule has 0 aliphatic carbocycles. The minimum absolute atomic E-state index is 0.000764. The second kappa shape index (κ2) is 4.10. The van der Waals surface area contributed by atoms with Crippen molar-refractivity contribution < 1.29 is 27.7 Å². The molecule has 0 aliphatic rings. The van der Waals surface area contributed by atoms with Crippen LogP contribution in [0, 0.1) is 0 Å². The zero-order valence-corrected chi connectivity index (χ0v) is 8.19. The second-order valence-corrected chi connectivity index (χ2v) is 3.66. The molecule has 0 amide bonds. The maximum Gasteiger partial charge on any atom is 0.519 e. The van der Waals surface area contributed by atoms with E-state index in [0.29, 0.717) is 6.42 Å². The molecule has 0 fully saturated rings. The lowest BCUT2D eigenvalue weighted by Gasteiger charge is -2.02. The zero-order valence-electron chi connectivity index (χ0n) is 7.30. The van der Waals surface area contributed by atoms with Crippen molar-refractivity contribution in [3.05, 3.63) is 22.1 Å². The predicted molar refractivity (Wildman–Crippen MR) is 43.5 cm³/mol. The van der Waals surface area contributed by atoms with Crippen LogP contribution in [0.2, 0.25) is 0 Å². The molecule has 2 N–H and O–H groups in total. The van der Waals surface area contributed by atoms with Gasteiger partial charge in [0.15, 0.2) is 11.5 Å². The Morgan fingerprint density at radius 1 is 1.36 bits per heavy atom. The first kappa shape index (κ1) is 11.2. The fourth-order valence-corrected chi connectivity index (χ4v) is 1.14. The Labute approximate surface area is 78.5 Å². The SMILES string of the molecule is CCc1oc(=O)oc1COP(=O)(O)O. The van der Waals surface area contributed by atoms with Gasteiger partial charge >= 0.3 is 13.6 Å². The lowest BCUT2D eigenvalue weighted by atomic mass is 10.3. The first-order chi connectivity index (χ1) is 6.42. The quantitative estimate of drug-likeness (QED) is 0.712. The molecule has 0 aliphatic heterocycles. The molecular weight excluding hydrogens is 215 g/mol. The second-order valence-electron chi connectivity index (χ2n) is 2.42. The van der Waals surface area contributed by atoms with E-state index in [1.54, 1.807) is 6.92 Å². The molecule has 8 heteroatoms. The van der Waals surface area contributed by atoms with Gasteiger partial charge in [0.1, 0.15) is 6.61 Å². The van der Waals surface area contributed by atoms with E-state index in [9.17, 15) is 9.36 Å². The smallest absolute Gasteiger partial charge is 0.396 e. The fraction of sp³-hybridized carbons (Fsp3) is 0.500. The van der Waals surface area contributed by atoms with Gasteiger partial charge in [-0.15, -0.1) is 0 Å². The average Bonchev–Trinajstić information content (AvgIpc) is 2.41. The summed E-state index contributed by atoms with van der Waals surface area (Å²) < 4.78 is 23.6. The lowest BCUT2D eigenvalue weighted by molar-refractivity contribution is 0.173. The normalized spacial score (nSPS) is 11.9. The first-order valence-electron chi connectivity index (χ1n) is 3.74. The molecule has 0 saturated carbocycles. The summed E-state index contributed by atoms with van der Waals surface area (Å²) >= 11 is 0. The average molecular weight is 224 g/mol. The molecule has 0 radical (unpaired) electrons. The van der Waals surface area contributed by atoms with Crippen LogP contribution >= 0.6 is 7.82 Å². The Bertz CT molecular complexity index is 397. The van der Waals surface area contributed by atoms with Crippen molar-refractivity contribution in [1.82, 2.24) is 0 Å². The number of hydrogen-bond acceptors (Lipinski definition) is 5. The number of hydrogen-bond donors (Lipinski definition) is 2. The van der Waals surface area contributed by atoms with Crippen LogP contribution in [-0.4, -0.2) is 9.79 Å². The van der Waals surface area contributed by atoms with Gasteiger partial charge < -0.3 is 18.6 Å². The van der Waals surface area contributed by atoms with Crippen LogP contribution in [0.3, 0.4) is 0 Å². The van der Waals surface area contributed by atoms with Gasteiger partial charge in [-0.1, -0.05) is 6.92 Å². The lowest BCUT2D eigenvalue weighted by Crippen LogP contribution is -1.92. The van der Waals surface area contributed by atoms with E-state index >= 15 is 0 Å². The van der Waals surface area contributed by atoms with E-state index in [4.69, 9.17) is 9.79 Å². The van der Waals surface area contributed by atoms with Crippen LogP contribution < -0.4 is 5.82 Å². The van der Waals surface area contributed by atoms with Gasteiger partial charge in [0.25, 0.3) is 0 Å². The van der Waals surface area contributed by atoms with Gasteiger partial charge in [-0.2, -0.15) is 0 Å². The molecule has 14 heavy (non-hydrogen) atoms. The monoisotopic (exact) mass is 224 g/mol. The van der Waals surface area contributed by atoms with Crippen LogP contribution in [0.25, 0.3) is 0 Å². The highest BCUT2D eigenvalue weighted by Gasteiger charge is 2.18. The van der Waals surface area contributed by atoms with Crippen molar-refractivity contribution in [3.63, 3.8) is 0 Å². The zero-order chi connectivity index (χ0) is 10.8. The Balaban J connectivity index is 2.76. The molecule has 1 rings (SSSR count). The Kier molecular flexibility index (Phi) is 3.28. The first-order valence-corrected chi connectivity index (χ1v) is 5.27. The van der Waals surface area contributed by atoms with Crippen molar-refractivity contribution in [2.75, 3.05) is 0 Å². The molecule has 80 valence electrons. The number of phosphoric ester groups is 1. The highest BCUT2D eigenvalue weighted by molar-refractivity contribution is 7.46. The molecule has 1 heterocycles. The van der Waals surface area contributed by atoms with Gasteiger partial charge in [-0.25, -0.2) is 9.36 Å². The molecular formula is C6H9O7P. The molecule has 7 nitrogen and oxygen atoms in total. The third-order valence-electron chi connectivity index (χ3n) is 1.41. The molecule has 1 aromatic rings. The van der Waals surface area contributed by atoms with Crippen molar-refractivity contribution in [2.24, 2.45) is 0 Å². The van der Waals surface area contributed by atoms with Gasteiger partial charge in [0, 0.05) is 6.42 Å². The highest BCUT2D eigenvalue weighted by atomic mass is 31.2. The van der Waals surface area contributed by atoms with Crippen LogP contribution in [-0.2, 0) is 22.1 Å². The standard InChI is InChI=1S/C6H9O7P/c1-2-4-5(13-6(7)12-4)3-11-14(8,9)10/h2-3H2,1H3,(H2,8,9,10). The molecule has 0 atom stereocenters. The largest absolute Gasteiger partial charge is 0.519 e. The van der Waals surface area contributed by atoms with Gasteiger partial charge in [0.2, 0.25) is 0 Å². The summed E-state index contributed by atoms with van der Waals surface area (Å²) in [5.41, 5.74) is 0. The molecule has 0 aromatic carbocycles. The summed E-state index contributed by atoms with van der Waals surface area (Å²) in [5, 5.41) is 0. The van der Waals surface area contributed by atoms with Crippen molar-refractivity contribution >= 4 is 7.82 Å². The third-order valence-corrected chi connectivity index (χ3v) is 1.87. The summed E-state index contributed by atoms with van der Waals surface area (Å²) in [7, 11) is -4.56. The topological polar surface area (TPSA) is 110 Å². The Hall–Kier alpha value is -0.880. The number of rotatable bonds is 4. The number of aryl methyl sites for hydroxylation is 1. The van der Waals surface area contributed by atoms with Crippen LogP contribution in [0.1, 0.15) is 18.4 Å². The van der Waals surface area contributed by atoms with Crippen LogP contribution in [0.5, 0.6) is 0 Å². The van der Waals surface area contributed by atoms with E-state index < -0.39 is 20.3 Å². The maximum absolute atomic E-state index is 10.6. The van der Waals surface area contributed by atoms with E-state index in [-0.39, 0.29) is 11.5 Å². The molecule has 1 aromatic heterocycles. The summed E-state index contributed by atoms with van der Waals surface area (Å²) in [4.78, 5) is 27.4. The predicted octanol–water partition coefficient (Wildman–Crippen LogP) is 0.404. The summed E-state index contributed by atoms with van der Waals surface area (Å²) in [6, 6.07) is 0.